The van der Waals surface area contributed by atoms with Gasteiger partial charge in [0, 0.05) is 30.0 Å². The lowest BCUT2D eigenvalue weighted by Gasteiger charge is -2.22. The average Bonchev–Trinajstić information content (AvgIpc) is 2.40. The van der Waals surface area contributed by atoms with Crippen LogP contribution in [0.3, 0.4) is 0 Å². The van der Waals surface area contributed by atoms with Gasteiger partial charge in [-0.05, 0) is 24.6 Å². The number of hydrogen-bond acceptors (Lipinski definition) is 4. The van der Waals surface area contributed by atoms with Crippen molar-refractivity contribution in [2.45, 2.75) is 32.6 Å². The van der Waals surface area contributed by atoms with Gasteiger partial charge in [0.15, 0.2) is 0 Å². The molecule has 112 valence electrons. The van der Waals surface area contributed by atoms with Gasteiger partial charge in [0.2, 0.25) is 0 Å². The molecule has 0 aliphatic rings. The van der Waals surface area contributed by atoms with Gasteiger partial charge in [-0.2, -0.15) is 0 Å². The molecule has 5 nitrogen and oxygen atoms in total. The van der Waals surface area contributed by atoms with Crippen molar-refractivity contribution in [2.75, 3.05) is 31.2 Å². The molecule has 5 heteroatoms. The molecule has 0 bridgehead atoms. The molecule has 5 N–H and O–H groups in total. The minimum atomic E-state index is -0.130. The van der Waals surface area contributed by atoms with E-state index < -0.39 is 0 Å². The third-order valence-corrected chi connectivity index (χ3v) is 3.16. The van der Waals surface area contributed by atoms with Gasteiger partial charge in [0.1, 0.15) is 0 Å². The second-order valence-electron chi connectivity index (χ2n) is 4.96. The highest BCUT2D eigenvalue weighted by Gasteiger charge is 2.15. The van der Waals surface area contributed by atoms with Gasteiger partial charge in [0.25, 0.3) is 5.91 Å². The molecule has 1 aromatic carbocycles. The number of aliphatic hydroxyl groups is 1. The fourth-order valence-electron chi connectivity index (χ4n) is 2.15. The molecule has 1 amide bonds. The Morgan fingerprint density at radius 2 is 1.75 bits per heavy atom. The second kappa shape index (κ2) is 8.43. The zero-order chi connectivity index (χ0) is 15.0. The van der Waals surface area contributed by atoms with E-state index in [1.807, 2.05) is 0 Å². The van der Waals surface area contributed by atoms with Gasteiger partial charge in [0.05, 0.1) is 6.61 Å². The Morgan fingerprint density at radius 1 is 1.10 bits per heavy atom. The third kappa shape index (κ3) is 5.09. The van der Waals surface area contributed by atoms with Crippen LogP contribution in [0.1, 0.15) is 43.0 Å². The number of unbranched alkanes of at least 4 members (excludes halogenated alkanes) is 3. The maximum atomic E-state index is 12.4. The second-order valence-corrected chi connectivity index (χ2v) is 4.96. The number of carbonyl (C=O) groups excluding carboxylic acids is 1. The number of nitrogens with two attached hydrogens (primary N) is 2. The summed E-state index contributed by atoms with van der Waals surface area (Å²) in [6.07, 6.45) is 4.34. The Hall–Kier alpha value is -1.75. The molecule has 0 unspecified atom stereocenters. The summed E-state index contributed by atoms with van der Waals surface area (Å²) in [7, 11) is 0. The van der Waals surface area contributed by atoms with E-state index >= 15 is 0 Å². The molecule has 0 atom stereocenters. The molecular formula is C15H25N3O2. The van der Waals surface area contributed by atoms with Crippen LogP contribution >= 0.6 is 0 Å². The maximum absolute atomic E-state index is 12.4. The Bertz CT molecular complexity index is 415. The molecule has 20 heavy (non-hydrogen) atoms. The fourth-order valence-corrected chi connectivity index (χ4v) is 2.15. The number of rotatable bonds is 8. The first-order valence-corrected chi connectivity index (χ1v) is 7.14. The lowest BCUT2D eigenvalue weighted by atomic mass is 10.1. The number of carbonyl (C=O) groups is 1. The first-order chi connectivity index (χ1) is 9.58. The summed E-state index contributed by atoms with van der Waals surface area (Å²) in [5.74, 6) is -0.130. The van der Waals surface area contributed by atoms with Gasteiger partial charge >= 0.3 is 0 Å². The van der Waals surface area contributed by atoms with Crippen LogP contribution in [0.25, 0.3) is 0 Å². The number of hydrogen-bond donors (Lipinski definition) is 3. The predicted octanol–water partition coefficient (Wildman–Crippen LogP) is 1.87. The van der Waals surface area contributed by atoms with E-state index in [1.165, 1.54) is 0 Å². The number of nitrogen functional groups attached to an aromatic ring is 2. The molecular weight excluding hydrogens is 254 g/mol. The highest BCUT2D eigenvalue weighted by molar-refractivity contribution is 5.96. The van der Waals surface area contributed by atoms with Crippen LogP contribution in [-0.4, -0.2) is 35.6 Å². The van der Waals surface area contributed by atoms with Crippen molar-refractivity contribution in [3.05, 3.63) is 23.8 Å². The third-order valence-electron chi connectivity index (χ3n) is 3.16. The lowest BCUT2D eigenvalue weighted by molar-refractivity contribution is 0.0718. The van der Waals surface area contributed by atoms with Crippen molar-refractivity contribution in [1.82, 2.24) is 4.90 Å². The van der Waals surface area contributed by atoms with Gasteiger partial charge in [-0.15, -0.1) is 0 Å². The van der Waals surface area contributed by atoms with Crippen LogP contribution in [0.5, 0.6) is 0 Å². The highest BCUT2D eigenvalue weighted by atomic mass is 16.3. The number of amides is 1. The first kappa shape index (κ1) is 16.3. The van der Waals surface area contributed by atoms with Crippen LogP contribution in [-0.2, 0) is 0 Å². The summed E-state index contributed by atoms with van der Waals surface area (Å²) in [5, 5.41) is 9.10. The standard InChI is InChI=1S/C15H25N3O2/c1-2-3-4-5-6-18(7-8-19)15(20)12-9-13(16)11-14(17)10-12/h9-11,19H,2-8,16-17H2,1H3. The molecule has 0 aromatic heterocycles. The summed E-state index contributed by atoms with van der Waals surface area (Å²) in [6, 6.07) is 4.86. The van der Waals surface area contributed by atoms with Gasteiger partial charge in [-0.3, -0.25) is 4.79 Å². The number of benzene rings is 1. The van der Waals surface area contributed by atoms with Gasteiger partial charge < -0.3 is 21.5 Å². The Kier molecular flexibility index (Phi) is 6.87. The van der Waals surface area contributed by atoms with E-state index in [1.54, 1.807) is 23.1 Å². The number of nitrogens with zero attached hydrogens (tertiary/aromatic N) is 1. The molecule has 0 spiro atoms. The Morgan fingerprint density at radius 3 is 2.30 bits per heavy atom. The molecule has 0 aliphatic heterocycles. The molecule has 0 fully saturated rings. The van der Waals surface area contributed by atoms with E-state index in [4.69, 9.17) is 16.6 Å². The summed E-state index contributed by atoms with van der Waals surface area (Å²) in [5.41, 5.74) is 12.9. The number of aliphatic hydroxyl groups excluding tert-OH is 1. The Labute approximate surface area is 120 Å². The molecule has 0 radical (unpaired) electrons. The first-order valence-electron chi connectivity index (χ1n) is 7.14. The summed E-state index contributed by atoms with van der Waals surface area (Å²) in [6.45, 7) is 3.08. The van der Waals surface area contributed by atoms with Crippen molar-refractivity contribution < 1.29 is 9.90 Å². The summed E-state index contributed by atoms with van der Waals surface area (Å²) < 4.78 is 0. The smallest absolute Gasteiger partial charge is 0.254 e. The average molecular weight is 279 g/mol. The van der Waals surface area contributed by atoms with Crippen molar-refractivity contribution in [2.24, 2.45) is 0 Å². The van der Waals surface area contributed by atoms with Crippen LogP contribution in [0.2, 0.25) is 0 Å². The zero-order valence-corrected chi connectivity index (χ0v) is 12.1. The van der Waals surface area contributed by atoms with Gasteiger partial charge in [-0.25, -0.2) is 0 Å². The SMILES string of the molecule is CCCCCCN(CCO)C(=O)c1cc(N)cc(N)c1. The minimum Gasteiger partial charge on any atom is -0.399 e. The topological polar surface area (TPSA) is 92.6 Å². The van der Waals surface area contributed by atoms with Crippen molar-refractivity contribution >= 4 is 17.3 Å². The van der Waals surface area contributed by atoms with E-state index in [0.29, 0.717) is 30.0 Å². The van der Waals surface area contributed by atoms with E-state index in [9.17, 15) is 4.79 Å². The van der Waals surface area contributed by atoms with Crippen molar-refractivity contribution in [1.29, 1.82) is 0 Å². The molecule has 1 aromatic rings. The monoisotopic (exact) mass is 279 g/mol. The van der Waals surface area contributed by atoms with Crippen molar-refractivity contribution in [3.63, 3.8) is 0 Å². The largest absolute Gasteiger partial charge is 0.399 e. The molecule has 0 saturated carbocycles. The highest BCUT2D eigenvalue weighted by Crippen LogP contribution is 2.16. The van der Waals surface area contributed by atoms with E-state index in [2.05, 4.69) is 6.92 Å². The summed E-state index contributed by atoms with van der Waals surface area (Å²) >= 11 is 0. The van der Waals surface area contributed by atoms with E-state index in [-0.39, 0.29) is 12.5 Å². The van der Waals surface area contributed by atoms with Crippen LogP contribution in [0.4, 0.5) is 11.4 Å². The van der Waals surface area contributed by atoms with Crippen LogP contribution < -0.4 is 11.5 Å². The van der Waals surface area contributed by atoms with Gasteiger partial charge in [-0.1, -0.05) is 26.2 Å². The van der Waals surface area contributed by atoms with Crippen LogP contribution in [0.15, 0.2) is 18.2 Å². The number of anilines is 2. The molecule has 0 aliphatic carbocycles. The normalized spacial score (nSPS) is 10.5. The lowest BCUT2D eigenvalue weighted by Crippen LogP contribution is -2.34. The van der Waals surface area contributed by atoms with E-state index in [0.717, 1.165) is 25.7 Å². The minimum absolute atomic E-state index is 0.0443. The maximum Gasteiger partial charge on any atom is 0.254 e. The summed E-state index contributed by atoms with van der Waals surface area (Å²) in [4.78, 5) is 14.1. The molecule has 0 heterocycles. The quantitative estimate of drug-likeness (QED) is 0.500. The molecule has 1 rings (SSSR count). The predicted molar refractivity (Wildman–Crippen MR) is 82.4 cm³/mol. The van der Waals surface area contributed by atoms with Crippen LogP contribution in [0, 0.1) is 0 Å². The zero-order valence-electron chi connectivity index (χ0n) is 12.1. The fraction of sp³-hybridized carbons (Fsp3) is 0.533. The Balaban J connectivity index is 2.71. The van der Waals surface area contributed by atoms with Crippen molar-refractivity contribution in [3.8, 4) is 0 Å². The molecule has 0 saturated heterocycles.